The van der Waals surface area contributed by atoms with Gasteiger partial charge in [-0.1, -0.05) is 11.2 Å². The lowest BCUT2D eigenvalue weighted by Gasteiger charge is -2.16. The molecule has 170 valence electrons. The minimum absolute atomic E-state index is 0.240. The number of benzene rings is 1. The Balaban J connectivity index is 1.67. The van der Waals surface area contributed by atoms with E-state index < -0.39 is 49.5 Å². The third kappa shape index (κ3) is 4.11. The SMILES string of the molecule is Cc1ccc2c(Cn3c(=O)ccn(C4=C(O)[C@@H](O)[C@@H](COP(=O)(O)O)O4)c3=O)noc2c1. The van der Waals surface area contributed by atoms with Crippen LogP contribution in [0.2, 0.25) is 0 Å². The van der Waals surface area contributed by atoms with Crippen molar-refractivity contribution < 1.29 is 38.3 Å². The smallest absolute Gasteiger partial charge is 0.469 e. The third-order valence-electron chi connectivity index (χ3n) is 4.82. The summed E-state index contributed by atoms with van der Waals surface area (Å²) in [4.78, 5) is 42.9. The second-order valence-corrected chi connectivity index (χ2v) is 8.34. The molecule has 0 radical (unpaired) electrons. The average Bonchev–Trinajstić information content (AvgIpc) is 3.24. The van der Waals surface area contributed by atoms with Crippen LogP contribution in [-0.4, -0.2) is 53.1 Å². The highest BCUT2D eigenvalue weighted by atomic mass is 31.2. The normalized spacial score (nSPS) is 19.0. The summed E-state index contributed by atoms with van der Waals surface area (Å²) in [6.07, 6.45) is -2.07. The molecule has 0 amide bonds. The van der Waals surface area contributed by atoms with E-state index in [-0.39, 0.29) is 6.54 Å². The van der Waals surface area contributed by atoms with Crippen molar-refractivity contribution in [1.29, 1.82) is 0 Å². The van der Waals surface area contributed by atoms with Crippen LogP contribution >= 0.6 is 7.82 Å². The minimum atomic E-state index is -4.86. The lowest BCUT2D eigenvalue weighted by atomic mass is 10.1. The molecule has 0 spiro atoms. The van der Waals surface area contributed by atoms with Gasteiger partial charge in [0, 0.05) is 17.6 Å². The first-order valence-corrected chi connectivity index (χ1v) is 10.7. The van der Waals surface area contributed by atoms with Crippen molar-refractivity contribution in [2.45, 2.75) is 25.7 Å². The summed E-state index contributed by atoms with van der Waals surface area (Å²) in [5.41, 5.74) is 0.187. The van der Waals surface area contributed by atoms with Gasteiger partial charge in [-0.05, 0) is 24.6 Å². The van der Waals surface area contributed by atoms with Gasteiger partial charge < -0.3 is 29.3 Å². The van der Waals surface area contributed by atoms with Crippen molar-refractivity contribution in [1.82, 2.24) is 14.3 Å². The Hall–Kier alpha value is -3.22. The maximum absolute atomic E-state index is 13.0. The number of aliphatic hydroxyl groups excluding tert-OH is 2. The van der Waals surface area contributed by atoms with Crippen molar-refractivity contribution in [3.63, 3.8) is 0 Å². The van der Waals surface area contributed by atoms with Crippen LogP contribution in [0.15, 0.2) is 50.3 Å². The Labute approximate surface area is 178 Å². The molecule has 3 aromatic rings. The Morgan fingerprint density at radius 1 is 1.25 bits per heavy atom. The van der Waals surface area contributed by atoms with Gasteiger partial charge in [-0.25, -0.2) is 13.9 Å². The van der Waals surface area contributed by atoms with E-state index in [4.69, 9.17) is 19.0 Å². The fraction of sp³-hybridized carbons (Fsp3) is 0.278. The van der Waals surface area contributed by atoms with Gasteiger partial charge in [0.1, 0.15) is 5.69 Å². The number of aromatic nitrogens is 3. The van der Waals surface area contributed by atoms with Crippen molar-refractivity contribution >= 4 is 24.7 Å². The molecule has 2 atom stereocenters. The van der Waals surface area contributed by atoms with Crippen LogP contribution < -0.4 is 11.2 Å². The van der Waals surface area contributed by atoms with Gasteiger partial charge in [0.05, 0.1) is 13.2 Å². The van der Waals surface area contributed by atoms with E-state index in [0.717, 1.165) is 27.0 Å². The number of rotatable bonds is 6. The van der Waals surface area contributed by atoms with E-state index >= 15 is 0 Å². The fourth-order valence-electron chi connectivity index (χ4n) is 3.22. The molecule has 0 saturated carbocycles. The molecular weight excluding hydrogens is 449 g/mol. The molecule has 3 heterocycles. The Morgan fingerprint density at radius 3 is 2.72 bits per heavy atom. The first-order valence-electron chi connectivity index (χ1n) is 9.21. The van der Waals surface area contributed by atoms with Gasteiger partial charge in [-0.3, -0.25) is 13.9 Å². The van der Waals surface area contributed by atoms with Crippen LogP contribution in [0.25, 0.3) is 16.9 Å². The van der Waals surface area contributed by atoms with Gasteiger partial charge in [0.15, 0.2) is 23.6 Å². The Bertz CT molecular complexity index is 1380. The van der Waals surface area contributed by atoms with Gasteiger partial charge in [0.2, 0.25) is 5.88 Å². The molecule has 0 saturated heterocycles. The van der Waals surface area contributed by atoms with Crippen molar-refractivity contribution in [2.24, 2.45) is 0 Å². The summed E-state index contributed by atoms with van der Waals surface area (Å²) in [7, 11) is -4.86. The monoisotopic (exact) mass is 467 g/mol. The average molecular weight is 467 g/mol. The van der Waals surface area contributed by atoms with Gasteiger partial charge in [-0.15, -0.1) is 0 Å². The highest BCUT2D eigenvalue weighted by Crippen LogP contribution is 2.37. The number of phosphoric acid groups is 1. The molecule has 13 nitrogen and oxygen atoms in total. The van der Waals surface area contributed by atoms with Crippen molar-refractivity contribution in [2.75, 3.05) is 6.61 Å². The first-order chi connectivity index (χ1) is 15.0. The Morgan fingerprint density at radius 2 is 2.00 bits per heavy atom. The zero-order valence-electron chi connectivity index (χ0n) is 16.5. The van der Waals surface area contributed by atoms with Crippen LogP contribution in [0.1, 0.15) is 11.3 Å². The van der Waals surface area contributed by atoms with E-state index in [9.17, 15) is 24.4 Å². The highest BCUT2D eigenvalue weighted by Gasteiger charge is 2.39. The standard InChI is InChI=1S/C18H18N3O10P/c1-9-2-3-10-11(19-31-12(10)6-9)7-21-14(22)4-5-20(18(21)25)17-16(24)15(23)13(30-17)8-29-32(26,27)28/h2-6,13,15,23-24H,7-8H2,1H3,(H2,26,27,28)/t13-,15+/m1/s1. The number of phosphoric ester groups is 1. The van der Waals surface area contributed by atoms with Crippen LogP contribution in [0.3, 0.4) is 0 Å². The summed E-state index contributed by atoms with van der Waals surface area (Å²) in [5.74, 6) is -1.27. The summed E-state index contributed by atoms with van der Waals surface area (Å²) in [6.45, 7) is 0.865. The van der Waals surface area contributed by atoms with Crippen LogP contribution in [0.5, 0.6) is 0 Å². The summed E-state index contributed by atoms with van der Waals surface area (Å²) in [5, 5.41) is 24.8. The lowest BCUT2D eigenvalue weighted by molar-refractivity contribution is 0.0128. The van der Waals surface area contributed by atoms with Crippen LogP contribution in [-0.2, 0) is 20.4 Å². The van der Waals surface area contributed by atoms with Gasteiger partial charge in [0.25, 0.3) is 5.56 Å². The summed E-state index contributed by atoms with van der Waals surface area (Å²) < 4.78 is 27.3. The minimum Gasteiger partial charge on any atom is -0.505 e. The zero-order valence-corrected chi connectivity index (χ0v) is 17.4. The molecule has 4 N–H and O–H groups in total. The molecule has 0 bridgehead atoms. The van der Waals surface area contributed by atoms with Gasteiger partial charge in [-0.2, -0.15) is 0 Å². The maximum atomic E-state index is 13.0. The molecule has 0 unspecified atom stereocenters. The highest BCUT2D eigenvalue weighted by molar-refractivity contribution is 7.46. The van der Waals surface area contributed by atoms with E-state index in [1.165, 1.54) is 0 Å². The predicted molar refractivity (Wildman–Crippen MR) is 108 cm³/mol. The second-order valence-electron chi connectivity index (χ2n) is 7.10. The molecule has 0 fully saturated rings. The first kappa shape index (κ1) is 22.0. The predicted octanol–water partition coefficient (Wildman–Crippen LogP) is 0.0610. The Kier molecular flexibility index (Phi) is 5.53. The number of aliphatic hydroxyl groups is 2. The van der Waals surface area contributed by atoms with E-state index in [0.29, 0.717) is 16.7 Å². The quantitative estimate of drug-likeness (QED) is 0.359. The van der Waals surface area contributed by atoms with E-state index in [1.54, 1.807) is 12.1 Å². The summed E-state index contributed by atoms with van der Waals surface area (Å²) >= 11 is 0. The molecule has 14 heteroatoms. The summed E-state index contributed by atoms with van der Waals surface area (Å²) in [6, 6.07) is 6.38. The zero-order chi connectivity index (χ0) is 23.2. The number of ether oxygens (including phenoxy) is 1. The molecule has 1 aliphatic rings. The molecule has 0 aliphatic carbocycles. The van der Waals surface area contributed by atoms with Gasteiger partial charge >= 0.3 is 13.5 Å². The van der Waals surface area contributed by atoms with Crippen molar-refractivity contribution in [3.8, 4) is 0 Å². The van der Waals surface area contributed by atoms with E-state index in [1.807, 2.05) is 13.0 Å². The van der Waals surface area contributed by atoms with Crippen LogP contribution in [0.4, 0.5) is 0 Å². The largest absolute Gasteiger partial charge is 0.505 e. The third-order valence-corrected chi connectivity index (χ3v) is 5.30. The molecule has 2 aromatic heterocycles. The number of hydrogen-bond donors (Lipinski definition) is 4. The number of hydrogen-bond acceptors (Lipinski definition) is 9. The lowest BCUT2D eigenvalue weighted by Crippen LogP contribution is -2.39. The van der Waals surface area contributed by atoms with E-state index in [2.05, 4.69) is 9.68 Å². The molecular formula is C18H18N3O10P. The molecule has 4 rings (SSSR count). The number of aryl methyl sites for hydroxylation is 1. The number of fused-ring (bicyclic) bond motifs is 1. The fourth-order valence-corrected chi connectivity index (χ4v) is 3.57. The number of nitrogens with zero attached hydrogens (tertiary/aromatic N) is 3. The molecule has 32 heavy (non-hydrogen) atoms. The van der Waals surface area contributed by atoms with Crippen LogP contribution in [0, 0.1) is 6.92 Å². The molecule has 1 aromatic carbocycles. The maximum Gasteiger partial charge on any atom is 0.469 e. The molecule has 1 aliphatic heterocycles. The second kappa shape index (κ2) is 8.04. The topological polar surface area (TPSA) is 186 Å². The van der Waals surface area contributed by atoms with Crippen molar-refractivity contribution in [3.05, 3.63) is 68.3 Å².